The van der Waals surface area contributed by atoms with E-state index in [1.165, 1.54) is 18.1 Å². The molecule has 1 saturated carbocycles. The number of benzene rings is 2. The molecule has 2 atom stereocenters. The van der Waals surface area contributed by atoms with Crippen LogP contribution in [-0.2, 0) is 48.0 Å². The summed E-state index contributed by atoms with van der Waals surface area (Å²) in [6.45, 7) is 27.5. The first kappa shape index (κ1) is 46.0. The predicted octanol–water partition coefficient (Wildman–Crippen LogP) is 10.4. The van der Waals surface area contributed by atoms with E-state index >= 15 is 0 Å². The maximum Gasteiger partial charge on any atom is 0.303 e. The van der Waals surface area contributed by atoms with Crippen LogP contribution in [0, 0.1) is 0 Å². The molecule has 2 unspecified atom stereocenters. The number of carboxylic acid groups (broad SMARTS) is 1. The van der Waals surface area contributed by atoms with Crippen molar-refractivity contribution in [2.45, 2.75) is 175 Å². The smallest absolute Gasteiger partial charge is 0.303 e. The molecular weight excluding hydrogens is 683 g/mol. The molecule has 0 aromatic heterocycles. The molecule has 0 amide bonds. The summed E-state index contributed by atoms with van der Waals surface area (Å²) in [5.74, 6) is -0.0218. The van der Waals surface area contributed by atoms with Crippen LogP contribution in [0.4, 0.5) is 0 Å². The molecule has 1 aliphatic carbocycles. The van der Waals surface area contributed by atoms with Crippen molar-refractivity contribution in [2.24, 2.45) is 9.98 Å². The largest absolute Gasteiger partial charge is 0.507 e. The van der Waals surface area contributed by atoms with Gasteiger partial charge >= 0.3 is 5.97 Å². The fraction of sp³-hybridized carbons (Fsp3) is 0.628. The number of unbranched alkanes of at least 4 members (excludes halogenated alkanes) is 1. The molecule has 1 fully saturated rings. The minimum atomic E-state index is -0.788. The summed E-state index contributed by atoms with van der Waals surface area (Å²) in [5, 5.41) is 30.6. The Kier molecular flexibility index (Phi) is 16.9. The van der Waals surface area contributed by atoms with E-state index in [0.717, 1.165) is 47.9 Å². The first-order chi connectivity index (χ1) is 22.8. The van der Waals surface area contributed by atoms with Crippen molar-refractivity contribution in [3.63, 3.8) is 0 Å². The second kappa shape index (κ2) is 18.7. The van der Waals surface area contributed by atoms with Gasteiger partial charge in [-0.05, 0) is 77.5 Å². The molecule has 51 heavy (non-hydrogen) atoms. The average Bonchev–Trinajstić information content (AvgIpc) is 2.96. The Morgan fingerprint density at radius 2 is 1.00 bits per heavy atom. The van der Waals surface area contributed by atoms with Gasteiger partial charge in [0.2, 0.25) is 0 Å². The van der Waals surface area contributed by atoms with Crippen LogP contribution in [0.2, 0.25) is 0 Å². The van der Waals surface area contributed by atoms with Crippen molar-refractivity contribution in [3.8, 4) is 11.5 Å². The molecular formula is C43H66CoN2O5. The number of Topliss-reactive ketones (excluding diaryl/α,β-unsaturated/α-hetero) is 1. The van der Waals surface area contributed by atoms with Crippen molar-refractivity contribution in [3.05, 3.63) is 57.6 Å². The number of hydrogen-bond acceptors (Lipinski definition) is 6. The molecule has 1 radical (unpaired) electrons. The van der Waals surface area contributed by atoms with E-state index in [-0.39, 0.29) is 62.7 Å². The van der Waals surface area contributed by atoms with Gasteiger partial charge < -0.3 is 20.1 Å². The molecule has 0 bridgehead atoms. The maximum absolute atomic E-state index is 11.2. The number of nitrogens with zero attached hydrogens (tertiary/aromatic N) is 2. The van der Waals surface area contributed by atoms with E-state index in [2.05, 4.69) is 107 Å². The first-order valence-corrected chi connectivity index (χ1v) is 18.4. The van der Waals surface area contributed by atoms with Crippen molar-refractivity contribution >= 4 is 24.2 Å². The summed E-state index contributed by atoms with van der Waals surface area (Å²) in [4.78, 5) is 30.4. The molecule has 7 nitrogen and oxygen atoms in total. The SMILES string of the molecule is CC(=O)CCCCC(=O)O.CC(C)(C)c1cc(C=NC2CCCCC2N=Cc2cc(C(C)(C)C)cc(C(C)(C)C)c2O)c(O)c(C(C)(C)C)c1.[Co]. The fourth-order valence-electron chi connectivity index (χ4n) is 5.96. The minimum absolute atomic E-state index is 0. The van der Waals surface area contributed by atoms with Crippen LogP contribution in [0.15, 0.2) is 34.3 Å². The second-order valence-electron chi connectivity index (χ2n) is 18.2. The van der Waals surface area contributed by atoms with Gasteiger partial charge in [0.1, 0.15) is 17.3 Å². The molecule has 0 aliphatic heterocycles. The van der Waals surface area contributed by atoms with Gasteiger partial charge in [0, 0.05) is 64.3 Å². The van der Waals surface area contributed by atoms with Gasteiger partial charge in [-0.2, -0.15) is 0 Å². The van der Waals surface area contributed by atoms with Gasteiger partial charge in [0.15, 0.2) is 0 Å². The predicted molar refractivity (Wildman–Crippen MR) is 209 cm³/mol. The topological polar surface area (TPSA) is 120 Å². The molecule has 287 valence electrons. The molecule has 2 aromatic rings. The maximum atomic E-state index is 11.2. The number of hydrogen-bond donors (Lipinski definition) is 3. The number of aromatic hydroxyl groups is 2. The number of ketones is 1. The first-order valence-electron chi connectivity index (χ1n) is 18.4. The Morgan fingerprint density at radius 1 is 0.647 bits per heavy atom. The molecule has 3 rings (SSSR count). The van der Waals surface area contributed by atoms with Gasteiger partial charge in [0.25, 0.3) is 0 Å². The van der Waals surface area contributed by atoms with Crippen LogP contribution in [0.1, 0.15) is 175 Å². The Balaban J connectivity index is 0.00000103. The summed E-state index contributed by atoms with van der Waals surface area (Å²) >= 11 is 0. The Labute approximate surface area is 319 Å². The summed E-state index contributed by atoms with van der Waals surface area (Å²) in [6, 6.07) is 8.53. The Morgan fingerprint density at radius 3 is 1.29 bits per heavy atom. The summed E-state index contributed by atoms with van der Waals surface area (Å²) < 4.78 is 0. The zero-order valence-corrected chi connectivity index (χ0v) is 34.7. The normalized spacial score (nSPS) is 17.2. The van der Waals surface area contributed by atoms with E-state index in [9.17, 15) is 19.8 Å². The van der Waals surface area contributed by atoms with Gasteiger partial charge in [-0.25, -0.2) is 0 Å². The number of carbonyl (C=O) groups is 2. The molecule has 2 aromatic carbocycles. The van der Waals surface area contributed by atoms with Crippen LogP contribution in [-0.4, -0.2) is 51.6 Å². The minimum Gasteiger partial charge on any atom is -0.507 e. The number of carboxylic acids is 1. The van der Waals surface area contributed by atoms with Crippen LogP contribution >= 0.6 is 0 Å². The molecule has 0 saturated heterocycles. The van der Waals surface area contributed by atoms with E-state index < -0.39 is 5.97 Å². The van der Waals surface area contributed by atoms with Crippen LogP contribution < -0.4 is 0 Å². The van der Waals surface area contributed by atoms with Gasteiger partial charge in [-0.1, -0.05) is 108 Å². The zero-order valence-electron chi connectivity index (χ0n) is 33.7. The van der Waals surface area contributed by atoms with Crippen molar-refractivity contribution in [2.75, 3.05) is 0 Å². The molecule has 0 heterocycles. The van der Waals surface area contributed by atoms with Gasteiger partial charge in [-0.15, -0.1) is 0 Å². The fourth-order valence-corrected chi connectivity index (χ4v) is 5.96. The quantitative estimate of drug-likeness (QED) is 0.174. The third-order valence-electron chi connectivity index (χ3n) is 9.30. The molecule has 3 N–H and O–H groups in total. The van der Waals surface area contributed by atoms with E-state index in [4.69, 9.17) is 15.1 Å². The number of carbonyl (C=O) groups excluding carboxylic acids is 1. The summed E-state index contributed by atoms with van der Waals surface area (Å²) in [7, 11) is 0. The van der Waals surface area contributed by atoms with Crippen LogP contribution in [0.25, 0.3) is 0 Å². The standard InChI is InChI=1S/C36H54N2O2.C7H12O3.Co/c1-33(2,3)25-17-23(31(39)27(19-25)35(7,8)9)21-37-29-15-13-14-16-30(29)38-22-24-18-26(34(4,5)6)20-28(32(24)40)36(10,11)12;1-6(8)4-2-3-5-7(9)10;/h17-22,29-30,39-40H,13-16H2,1-12H3;2-5H2,1H3,(H,9,10);. The van der Waals surface area contributed by atoms with Crippen molar-refractivity contribution in [1.82, 2.24) is 0 Å². The van der Waals surface area contributed by atoms with Gasteiger partial charge in [0.05, 0.1) is 12.1 Å². The molecule has 8 heteroatoms. The number of phenolic OH excluding ortho intramolecular Hbond substituents is 2. The zero-order chi connectivity index (χ0) is 38.2. The third-order valence-corrected chi connectivity index (χ3v) is 9.30. The van der Waals surface area contributed by atoms with Crippen LogP contribution in [0.3, 0.4) is 0 Å². The average molecular weight is 750 g/mol. The molecule has 1 aliphatic rings. The van der Waals surface area contributed by atoms with E-state index in [0.29, 0.717) is 30.8 Å². The van der Waals surface area contributed by atoms with Crippen molar-refractivity contribution in [1.29, 1.82) is 0 Å². The van der Waals surface area contributed by atoms with Gasteiger partial charge in [-0.3, -0.25) is 14.8 Å². The monoisotopic (exact) mass is 749 g/mol. The summed E-state index contributed by atoms with van der Waals surface area (Å²) in [6.07, 6.45) is 9.89. The number of aliphatic carboxylic acids is 1. The number of phenols is 2. The van der Waals surface area contributed by atoms with E-state index in [1.54, 1.807) is 0 Å². The Bertz CT molecular complexity index is 1420. The third kappa shape index (κ3) is 14.5. The summed E-state index contributed by atoms with van der Waals surface area (Å²) in [5.41, 5.74) is 5.39. The van der Waals surface area contributed by atoms with Crippen molar-refractivity contribution < 1.29 is 41.7 Å². The number of rotatable bonds is 9. The second-order valence-corrected chi connectivity index (χ2v) is 18.2. The Hall–Kier alpha value is -2.97. The van der Waals surface area contributed by atoms with E-state index in [1.807, 2.05) is 12.4 Å². The number of aliphatic imine (C=N–C) groups is 2. The molecule has 0 spiro atoms. The van der Waals surface area contributed by atoms with Crippen LogP contribution in [0.5, 0.6) is 11.5 Å².